The number of rotatable bonds is 2. The highest BCUT2D eigenvalue weighted by Gasteiger charge is 2.22. The molecule has 1 nitrogen and oxygen atoms in total. The van der Waals surface area contributed by atoms with Crippen molar-refractivity contribution in [1.29, 1.82) is 0 Å². The van der Waals surface area contributed by atoms with Crippen molar-refractivity contribution in [2.24, 2.45) is 5.92 Å². The Morgan fingerprint density at radius 1 is 1.17 bits per heavy atom. The zero-order valence-corrected chi connectivity index (χ0v) is 9.06. The molecule has 1 heteroatoms. The van der Waals surface area contributed by atoms with Gasteiger partial charge in [-0.25, -0.2) is 0 Å². The fourth-order valence-corrected chi connectivity index (χ4v) is 1.85. The van der Waals surface area contributed by atoms with Gasteiger partial charge in [-0.15, -0.1) is 0 Å². The topological polar surface area (TPSA) is 3.24 Å². The monoisotopic (exact) mass is 169 g/mol. The van der Waals surface area contributed by atoms with Crippen LogP contribution in [0.1, 0.15) is 46.5 Å². The van der Waals surface area contributed by atoms with Gasteiger partial charge in [0.25, 0.3) is 0 Å². The smallest absolute Gasteiger partial charge is 0.0122 e. The van der Waals surface area contributed by atoms with Gasteiger partial charge >= 0.3 is 0 Å². The van der Waals surface area contributed by atoms with Gasteiger partial charge in [0, 0.05) is 12.1 Å². The van der Waals surface area contributed by atoms with E-state index in [0.29, 0.717) is 5.54 Å². The zero-order chi connectivity index (χ0) is 9.19. The van der Waals surface area contributed by atoms with E-state index in [4.69, 9.17) is 0 Å². The molecule has 0 unspecified atom stereocenters. The van der Waals surface area contributed by atoms with Crippen molar-refractivity contribution in [3.8, 4) is 0 Å². The minimum Gasteiger partial charge on any atom is -0.301 e. The molecule has 0 heterocycles. The lowest BCUT2D eigenvalue weighted by atomic mass is 10.0. The molecule has 1 saturated carbocycles. The lowest BCUT2D eigenvalue weighted by Crippen LogP contribution is -2.40. The molecule has 0 aliphatic heterocycles. The molecule has 1 aliphatic rings. The summed E-state index contributed by atoms with van der Waals surface area (Å²) in [5, 5.41) is 0. The average Bonchev–Trinajstić information content (AvgIpc) is 2.37. The predicted molar refractivity (Wildman–Crippen MR) is 54.3 cm³/mol. The Morgan fingerprint density at radius 3 is 2.08 bits per heavy atom. The molecule has 0 saturated heterocycles. The zero-order valence-electron chi connectivity index (χ0n) is 9.06. The van der Waals surface area contributed by atoms with Crippen LogP contribution in [0.15, 0.2) is 0 Å². The second kappa shape index (κ2) is 3.78. The van der Waals surface area contributed by atoms with E-state index in [1.807, 2.05) is 0 Å². The Kier molecular flexibility index (Phi) is 3.16. The van der Waals surface area contributed by atoms with Gasteiger partial charge in [-0.2, -0.15) is 0 Å². The summed E-state index contributed by atoms with van der Waals surface area (Å²) in [7, 11) is 2.25. The molecule has 0 atom stereocenters. The van der Waals surface area contributed by atoms with Crippen molar-refractivity contribution in [3.63, 3.8) is 0 Å². The third kappa shape index (κ3) is 2.78. The lowest BCUT2D eigenvalue weighted by Gasteiger charge is -2.33. The van der Waals surface area contributed by atoms with Gasteiger partial charge in [-0.05, 0) is 46.6 Å². The Balaban J connectivity index is 2.30. The molecule has 12 heavy (non-hydrogen) atoms. The van der Waals surface area contributed by atoms with Crippen LogP contribution in [0, 0.1) is 5.92 Å². The third-order valence-electron chi connectivity index (χ3n) is 3.15. The van der Waals surface area contributed by atoms with E-state index in [2.05, 4.69) is 32.7 Å². The maximum atomic E-state index is 2.49. The van der Waals surface area contributed by atoms with Crippen molar-refractivity contribution >= 4 is 0 Å². The maximum Gasteiger partial charge on any atom is 0.0122 e. The summed E-state index contributed by atoms with van der Waals surface area (Å²) >= 11 is 0. The van der Waals surface area contributed by atoms with Crippen LogP contribution >= 0.6 is 0 Å². The number of hydrogen-bond acceptors (Lipinski definition) is 1. The first-order chi connectivity index (χ1) is 5.50. The molecule has 1 rings (SSSR count). The van der Waals surface area contributed by atoms with Gasteiger partial charge < -0.3 is 4.90 Å². The predicted octanol–water partition coefficient (Wildman–Crippen LogP) is 2.91. The molecular formula is C11H23N. The van der Waals surface area contributed by atoms with Crippen LogP contribution in [-0.4, -0.2) is 24.0 Å². The summed E-state index contributed by atoms with van der Waals surface area (Å²) in [4.78, 5) is 2.49. The van der Waals surface area contributed by atoms with Crippen molar-refractivity contribution < 1.29 is 0 Å². The fourth-order valence-electron chi connectivity index (χ4n) is 1.85. The average molecular weight is 169 g/mol. The second-order valence-corrected chi connectivity index (χ2v) is 5.20. The van der Waals surface area contributed by atoms with Crippen LogP contribution in [0.2, 0.25) is 0 Å². The summed E-state index contributed by atoms with van der Waals surface area (Å²) in [6.45, 7) is 8.18. The van der Waals surface area contributed by atoms with Crippen LogP contribution < -0.4 is 0 Å². The Bertz CT molecular complexity index is 128. The SMILES string of the molecule is CN(CC1CCCC1)C(C)(C)C. The first-order valence-electron chi connectivity index (χ1n) is 5.21. The molecule has 0 bridgehead atoms. The quantitative estimate of drug-likeness (QED) is 0.614. The molecule has 0 amide bonds. The van der Waals surface area contributed by atoms with Gasteiger partial charge in [0.1, 0.15) is 0 Å². The van der Waals surface area contributed by atoms with Crippen LogP contribution in [0.4, 0.5) is 0 Å². The number of nitrogens with zero attached hydrogens (tertiary/aromatic N) is 1. The minimum absolute atomic E-state index is 0.350. The summed E-state index contributed by atoms with van der Waals surface area (Å²) in [6.07, 6.45) is 5.84. The van der Waals surface area contributed by atoms with Crippen molar-refractivity contribution in [2.75, 3.05) is 13.6 Å². The first-order valence-corrected chi connectivity index (χ1v) is 5.21. The van der Waals surface area contributed by atoms with E-state index < -0.39 is 0 Å². The summed E-state index contributed by atoms with van der Waals surface area (Å²) in [5.74, 6) is 0.981. The summed E-state index contributed by atoms with van der Waals surface area (Å²) in [6, 6.07) is 0. The van der Waals surface area contributed by atoms with Crippen LogP contribution in [-0.2, 0) is 0 Å². The number of hydrogen-bond donors (Lipinski definition) is 0. The van der Waals surface area contributed by atoms with Gasteiger partial charge in [0.2, 0.25) is 0 Å². The van der Waals surface area contributed by atoms with Gasteiger partial charge in [-0.3, -0.25) is 0 Å². The molecule has 0 N–H and O–H groups in total. The highest BCUT2D eigenvalue weighted by molar-refractivity contribution is 4.77. The van der Waals surface area contributed by atoms with E-state index >= 15 is 0 Å². The fraction of sp³-hybridized carbons (Fsp3) is 1.00. The molecule has 0 radical (unpaired) electrons. The molecule has 0 aromatic heterocycles. The van der Waals surface area contributed by atoms with Crippen LogP contribution in [0.25, 0.3) is 0 Å². The van der Waals surface area contributed by atoms with E-state index in [1.54, 1.807) is 0 Å². The summed E-state index contributed by atoms with van der Waals surface area (Å²) in [5.41, 5.74) is 0.350. The standard InChI is InChI=1S/C11H23N/c1-11(2,3)12(4)9-10-7-5-6-8-10/h10H,5-9H2,1-4H3. The van der Waals surface area contributed by atoms with E-state index in [0.717, 1.165) is 5.92 Å². The van der Waals surface area contributed by atoms with Gasteiger partial charge in [0.15, 0.2) is 0 Å². The Hall–Kier alpha value is -0.0400. The molecule has 1 aliphatic carbocycles. The lowest BCUT2D eigenvalue weighted by molar-refractivity contribution is 0.150. The maximum absolute atomic E-state index is 2.49. The van der Waals surface area contributed by atoms with E-state index in [9.17, 15) is 0 Å². The van der Waals surface area contributed by atoms with Crippen molar-refractivity contribution in [1.82, 2.24) is 4.90 Å². The van der Waals surface area contributed by atoms with Gasteiger partial charge in [0.05, 0.1) is 0 Å². The molecular weight excluding hydrogens is 146 g/mol. The highest BCUT2D eigenvalue weighted by atomic mass is 15.2. The Morgan fingerprint density at radius 2 is 1.67 bits per heavy atom. The first kappa shape index (κ1) is 10.0. The van der Waals surface area contributed by atoms with E-state index in [-0.39, 0.29) is 0 Å². The minimum atomic E-state index is 0.350. The van der Waals surface area contributed by atoms with E-state index in [1.165, 1.54) is 32.2 Å². The van der Waals surface area contributed by atoms with Crippen LogP contribution in [0.3, 0.4) is 0 Å². The second-order valence-electron chi connectivity index (χ2n) is 5.20. The van der Waals surface area contributed by atoms with Crippen molar-refractivity contribution in [2.45, 2.75) is 52.0 Å². The Labute approximate surface area is 77.1 Å². The molecule has 72 valence electrons. The summed E-state index contributed by atoms with van der Waals surface area (Å²) < 4.78 is 0. The van der Waals surface area contributed by atoms with Gasteiger partial charge in [-0.1, -0.05) is 12.8 Å². The molecule has 0 aromatic carbocycles. The molecule has 0 spiro atoms. The van der Waals surface area contributed by atoms with Crippen LogP contribution in [0.5, 0.6) is 0 Å². The molecule has 1 fully saturated rings. The molecule has 0 aromatic rings. The third-order valence-corrected chi connectivity index (χ3v) is 3.15. The van der Waals surface area contributed by atoms with Crippen molar-refractivity contribution in [3.05, 3.63) is 0 Å². The highest BCUT2D eigenvalue weighted by Crippen LogP contribution is 2.26. The largest absolute Gasteiger partial charge is 0.301 e. The normalized spacial score (nSPS) is 20.8.